The summed E-state index contributed by atoms with van der Waals surface area (Å²) >= 11 is 0. The Bertz CT molecular complexity index is 322. The van der Waals surface area contributed by atoms with E-state index in [9.17, 15) is 0 Å². The van der Waals surface area contributed by atoms with E-state index < -0.39 is 0 Å². The third kappa shape index (κ3) is 1.33. The third-order valence-corrected chi connectivity index (χ3v) is 2.47. The maximum Gasteiger partial charge on any atom is 0.122 e. The van der Waals surface area contributed by atoms with Crippen LogP contribution in [0.5, 0.6) is 5.75 Å². The first-order chi connectivity index (χ1) is 6.33. The van der Waals surface area contributed by atoms with Crippen molar-refractivity contribution in [2.75, 3.05) is 6.61 Å². The summed E-state index contributed by atoms with van der Waals surface area (Å²) in [5.74, 6) is 1.23. The molecular weight excluding hydrogens is 162 g/mol. The van der Waals surface area contributed by atoms with E-state index in [-0.39, 0.29) is 12.0 Å². The smallest absolute Gasteiger partial charge is 0.122 e. The Morgan fingerprint density at radius 3 is 3.08 bits per heavy atom. The van der Waals surface area contributed by atoms with Crippen LogP contribution in [0.4, 0.5) is 0 Å². The fourth-order valence-electron chi connectivity index (χ4n) is 1.67. The number of rotatable bonds is 2. The lowest BCUT2D eigenvalue weighted by Crippen LogP contribution is -2.26. The predicted molar refractivity (Wildman–Crippen MR) is 52.9 cm³/mol. The topological polar surface area (TPSA) is 35.2 Å². The summed E-state index contributed by atoms with van der Waals surface area (Å²) in [4.78, 5) is 0. The summed E-state index contributed by atoms with van der Waals surface area (Å²) in [5, 5.41) is 0. The minimum absolute atomic E-state index is 0.0105. The summed E-state index contributed by atoms with van der Waals surface area (Å²) in [6, 6.07) is 8.02. The number of fused-ring (bicyclic) bond motifs is 1. The van der Waals surface area contributed by atoms with Crippen LogP contribution in [0, 0.1) is 0 Å². The van der Waals surface area contributed by atoms with Gasteiger partial charge in [-0.2, -0.15) is 0 Å². The highest BCUT2D eigenvalue weighted by Crippen LogP contribution is 2.34. The second-order valence-electron chi connectivity index (χ2n) is 3.27. The molecule has 0 saturated heterocycles. The molecule has 0 bridgehead atoms. The van der Waals surface area contributed by atoms with Gasteiger partial charge in [0, 0.05) is 17.5 Å². The largest absolute Gasteiger partial charge is 0.493 e. The van der Waals surface area contributed by atoms with Gasteiger partial charge in [-0.15, -0.1) is 6.58 Å². The first-order valence-electron chi connectivity index (χ1n) is 4.43. The van der Waals surface area contributed by atoms with E-state index in [0.29, 0.717) is 6.61 Å². The zero-order valence-electron chi connectivity index (χ0n) is 7.44. The molecule has 1 aromatic rings. The average Bonchev–Trinajstić information content (AvgIpc) is 2.60. The lowest BCUT2D eigenvalue weighted by molar-refractivity contribution is 0.323. The summed E-state index contributed by atoms with van der Waals surface area (Å²) in [5.41, 5.74) is 7.10. The molecule has 2 nitrogen and oxygen atoms in total. The molecule has 68 valence electrons. The van der Waals surface area contributed by atoms with Gasteiger partial charge in [0.15, 0.2) is 0 Å². The lowest BCUT2D eigenvalue weighted by atomic mass is 9.94. The molecule has 2 rings (SSSR count). The van der Waals surface area contributed by atoms with Gasteiger partial charge in [-0.25, -0.2) is 0 Å². The normalized spacial score (nSPS) is 21.8. The first-order valence-corrected chi connectivity index (χ1v) is 4.43. The van der Waals surface area contributed by atoms with Crippen LogP contribution in [0.3, 0.4) is 0 Å². The standard InChI is InChI=1S/C11H13NO/c1-2-10(12)9-7-13-11-6-4-3-5-8(9)11/h2-6,9-10H,1,7,12H2. The number of nitrogens with two attached hydrogens (primary N) is 1. The van der Waals surface area contributed by atoms with E-state index in [1.54, 1.807) is 6.08 Å². The fraction of sp³-hybridized carbons (Fsp3) is 0.273. The summed E-state index contributed by atoms with van der Waals surface area (Å²) in [6.45, 7) is 4.37. The first kappa shape index (κ1) is 8.32. The molecule has 1 heterocycles. The molecule has 0 radical (unpaired) electrons. The minimum atomic E-state index is -0.0105. The molecule has 2 unspecified atom stereocenters. The van der Waals surface area contributed by atoms with Gasteiger partial charge in [-0.3, -0.25) is 0 Å². The van der Waals surface area contributed by atoms with Crippen LogP contribution in [-0.2, 0) is 0 Å². The molecule has 0 fully saturated rings. The van der Waals surface area contributed by atoms with Crippen molar-refractivity contribution >= 4 is 0 Å². The van der Waals surface area contributed by atoms with Crippen molar-refractivity contribution < 1.29 is 4.74 Å². The highest BCUT2D eigenvalue weighted by Gasteiger charge is 2.27. The van der Waals surface area contributed by atoms with Crippen LogP contribution in [0.15, 0.2) is 36.9 Å². The van der Waals surface area contributed by atoms with Crippen LogP contribution in [-0.4, -0.2) is 12.6 Å². The van der Waals surface area contributed by atoms with Crippen molar-refractivity contribution in [1.29, 1.82) is 0 Å². The zero-order valence-corrected chi connectivity index (χ0v) is 7.44. The van der Waals surface area contributed by atoms with Crippen LogP contribution in [0.2, 0.25) is 0 Å². The Kier molecular flexibility index (Phi) is 2.07. The Morgan fingerprint density at radius 2 is 2.31 bits per heavy atom. The fourth-order valence-corrected chi connectivity index (χ4v) is 1.67. The maximum absolute atomic E-state index is 5.90. The quantitative estimate of drug-likeness (QED) is 0.694. The second-order valence-corrected chi connectivity index (χ2v) is 3.27. The number of para-hydroxylation sites is 1. The summed E-state index contributed by atoms with van der Waals surface area (Å²) < 4.78 is 5.51. The van der Waals surface area contributed by atoms with Crippen LogP contribution >= 0.6 is 0 Å². The van der Waals surface area contributed by atoms with Gasteiger partial charge < -0.3 is 10.5 Å². The highest BCUT2D eigenvalue weighted by atomic mass is 16.5. The maximum atomic E-state index is 5.90. The third-order valence-electron chi connectivity index (χ3n) is 2.47. The Hall–Kier alpha value is -1.28. The molecule has 0 spiro atoms. The monoisotopic (exact) mass is 175 g/mol. The summed E-state index contributed by atoms with van der Waals surface area (Å²) in [6.07, 6.45) is 1.77. The van der Waals surface area contributed by atoms with E-state index >= 15 is 0 Å². The Labute approximate surface area is 78.0 Å². The van der Waals surface area contributed by atoms with Gasteiger partial charge in [0.05, 0.1) is 6.61 Å². The van der Waals surface area contributed by atoms with Crippen molar-refractivity contribution in [3.05, 3.63) is 42.5 Å². The molecule has 13 heavy (non-hydrogen) atoms. The molecule has 0 aliphatic carbocycles. The number of benzene rings is 1. The number of hydrogen-bond donors (Lipinski definition) is 1. The SMILES string of the molecule is C=CC(N)C1COc2ccccc21. The van der Waals surface area contributed by atoms with Crippen molar-refractivity contribution in [3.8, 4) is 5.75 Å². The molecule has 0 aromatic heterocycles. The lowest BCUT2D eigenvalue weighted by Gasteiger charge is -2.13. The number of hydrogen-bond acceptors (Lipinski definition) is 2. The molecule has 1 aromatic carbocycles. The highest BCUT2D eigenvalue weighted by molar-refractivity contribution is 5.41. The van der Waals surface area contributed by atoms with Gasteiger partial charge >= 0.3 is 0 Å². The van der Waals surface area contributed by atoms with Gasteiger partial charge in [0.25, 0.3) is 0 Å². The zero-order chi connectivity index (χ0) is 9.26. The Balaban J connectivity index is 2.33. The van der Waals surface area contributed by atoms with Crippen molar-refractivity contribution in [2.24, 2.45) is 5.73 Å². The van der Waals surface area contributed by atoms with Gasteiger partial charge in [-0.05, 0) is 6.07 Å². The van der Waals surface area contributed by atoms with Gasteiger partial charge in [-0.1, -0.05) is 24.3 Å². The molecule has 0 amide bonds. The average molecular weight is 175 g/mol. The minimum Gasteiger partial charge on any atom is -0.493 e. The van der Waals surface area contributed by atoms with E-state index in [1.807, 2.05) is 18.2 Å². The van der Waals surface area contributed by atoms with E-state index in [2.05, 4.69) is 12.6 Å². The molecule has 2 atom stereocenters. The predicted octanol–water partition coefficient (Wildman–Crippen LogP) is 1.68. The molecule has 2 heteroatoms. The van der Waals surface area contributed by atoms with Crippen LogP contribution in [0.25, 0.3) is 0 Å². The second kappa shape index (κ2) is 3.23. The molecule has 2 N–H and O–H groups in total. The van der Waals surface area contributed by atoms with E-state index in [0.717, 1.165) is 5.75 Å². The van der Waals surface area contributed by atoms with Crippen LogP contribution in [0.1, 0.15) is 11.5 Å². The summed E-state index contributed by atoms with van der Waals surface area (Å²) in [7, 11) is 0. The van der Waals surface area contributed by atoms with E-state index in [1.165, 1.54) is 5.56 Å². The van der Waals surface area contributed by atoms with Gasteiger partial charge in [0.1, 0.15) is 5.75 Å². The van der Waals surface area contributed by atoms with Crippen molar-refractivity contribution in [3.63, 3.8) is 0 Å². The van der Waals surface area contributed by atoms with Crippen molar-refractivity contribution in [1.82, 2.24) is 0 Å². The van der Waals surface area contributed by atoms with Gasteiger partial charge in [0.2, 0.25) is 0 Å². The van der Waals surface area contributed by atoms with Crippen LogP contribution < -0.4 is 10.5 Å². The number of ether oxygens (including phenoxy) is 1. The molecule has 1 aliphatic heterocycles. The Morgan fingerprint density at radius 1 is 1.54 bits per heavy atom. The molecule has 0 saturated carbocycles. The molecule has 1 aliphatic rings. The molecular formula is C11H13NO. The van der Waals surface area contributed by atoms with E-state index in [4.69, 9.17) is 10.5 Å². The van der Waals surface area contributed by atoms with Crippen molar-refractivity contribution in [2.45, 2.75) is 12.0 Å².